The molecular formula is C10H18O4. The fourth-order valence-corrected chi connectivity index (χ4v) is 1.92. The van der Waals surface area contributed by atoms with Crippen molar-refractivity contribution in [3.8, 4) is 0 Å². The number of hydrogen-bond acceptors (Lipinski definition) is 3. The summed E-state index contributed by atoms with van der Waals surface area (Å²) >= 11 is 0. The first kappa shape index (κ1) is 11.5. The highest BCUT2D eigenvalue weighted by Crippen LogP contribution is 2.29. The van der Waals surface area contributed by atoms with Crippen molar-refractivity contribution in [3.63, 3.8) is 0 Å². The molecule has 0 spiro atoms. The third kappa shape index (κ3) is 2.69. The van der Waals surface area contributed by atoms with Crippen LogP contribution in [0.15, 0.2) is 0 Å². The van der Waals surface area contributed by atoms with Gasteiger partial charge in [-0.25, -0.2) is 0 Å². The first-order chi connectivity index (χ1) is 6.69. The Balaban J connectivity index is 2.51. The lowest BCUT2D eigenvalue weighted by Crippen LogP contribution is -2.27. The van der Waals surface area contributed by atoms with Gasteiger partial charge in [-0.1, -0.05) is 13.3 Å². The van der Waals surface area contributed by atoms with Crippen LogP contribution in [-0.2, 0) is 14.3 Å². The Morgan fingerprint density at radius 1 is 1.64 bits per heavy atom. The number of aliphatic carboxylic acids is 1. The summed E-state index contributed by atoms with van der Waals surface area (Å²) < 4.78 is 10.6. The van der Waals surface area contributed by atoms with Crippen LogP contribution in [0.4, 0.5) is 0 Å². The summed E-state index contributed by atoms with van der Waals surface area (Å²) in [5, 5.41) is 8.96. The quantitative estimate of drug-likeness (QED) is 0.730. The van der Waals surface area contributed by atoms with Crippen molar-refractivity contribution in [1.29, 1.82) is 0 Å². The summed E-state index contributed by atoms with van der Waals surface area (Å²) in [7, 11) is 1.56. The topological polar surface area (TPSA) is 55.8 Å². The van der Waals surface area contributed by atoms with Gasteiger partial charge in [0.25, 0.3) is 0 Å². The van der Waals surface area contributed by atoms with Gasteiger partial charge in [0.1, 0.15) is 0 Å². The minimum absolute atomic E-state index is 0.0984. The fourth-order valence-electron chi connectivity index (χ4n) is 1.92. The number of carboxylic acids is 1. The minimum Gasteiger partial charge on any atom is -0.481 e. The van der Waals surface area contributed by atoms with E-state index in [0.717, 1.165) is 12.8 Å². The van der Waals surface area contributed by atoms with Crippen LogP contribution in [0, 0.1) is 5.92 Å². The van der Waals surface area contributed by atoms with E-state index in [1.54, 1.807) is 7.11 Å². The van der Waals surface area contributed by atoms with Crippen LogP contribution in [0.25, 0.3) is 0 Å². The van der Waals surface area contributed by atoms with E-state index in [1.165, 1.54) is 0 Å². The van der Waals surface area contributed by atoms with Crippen LogP contribution < -0.4 is 0 Å². The Bertz CT molecular complexity index is 193. The maximum absolute atomic E-state index is 10.9. The predicted octanol–water partition coefficient (Wildman–Crippen LogP) is 1.29. The molecule has 1 rings (SSSR count). The van der Waals surface area contributed by atoms with Gasteiger partial charge in [0, 0.05) is 7.11 Å². The third-order valence-electron chi connectivity index (χ3n) is 2.59. The Morgan fingerprint density at radius 2 is 2.36 bits per heavy atom. The number of methoxy groups -OCH3 is 1. The Labute approximate surface area is 84.2 Å². The molecule has 1 heterocycles. The smallest absolute Gasteiger partial charge is 0.309 e. The van der Waals surface area contributed by atoms with Crippen LogP contribution in [-0.4, -0.2) is 37.0 Å². The molecule has 0 aromatic heterocycles. The number of hydrogen-bond donors (Lipinski definition) is 1. The largest absolute Gasteiger partial charge is 0.481 e. The molecule has 82 valence electrons. The Morgan fingerprint density at radius 3 is 2.86 bits per heavy atom. The van der Waals surface area contributed by atoms with Gasteiger partial charge in [0.15, 0.2) is 0 Å². The summed E-state index contributed by atoms with van der Waals surface area (Å²) in [4.78, 5) is 10.9. The van der Waals surface area contributed by atoms with E-state index in [1.807, 2.05) is 0 Å². The van der Waals surface area contributed by atoms with E-state index in [-0.39, 0.29) is 12.2 Å². The Kier molecular flexibility index (Phi) is 4.35. The van der Waals surface area contributed by atoms with Gasteiger partial charge in [0.2, 0.25) is 0 Å². The summed E-state index contributed by atoms with van der Waals surface area (Å²) in [6.07, 6.45) is 2.41. The molecule has 4 nitrogen and oxygen atoms in total. The van der Waals surface area contributed by atoms with Crippen molar-refractivity contribution in [2.45, 2.75) is 38.4 Å². The van der Waals surface area contributed by atoms with Crippen molar-refractivity contribution >= 4 is 5.97 Å². The zero-order valence-corrected chi connectivity index (χ0v) is 8.73. The number of ether oxygens (including phenoxy) is 2. The summed E-state index contributed by atoms with van der Waals surface area (Å²) in [5.74, 6) is -1.17. The van der Waals surface area contributed by atoms with Gasteiger partial charge in [-0.05, 0) is 12.8 Å². The standard InChI is InChI=1S/C10H18O4/c1-3-4-7-5-8(10(11)12)9(14-7)6-13-2/h7-9H,3-6H2,1-2H3,(H,11,12). The second-order valence-corrected chi connectivity index (χ2v) is 3.72. The average molecular weight is 202 g/mol. The van der Waals surface area contributed by atoms with Crippen LogP contribution in [0.2, 0.25) is 0 Å². The first-order valence-electron chi connectivity index (χ1n) is 5.06. The van der Waals surface area contributed by atoms with Crippen molar-refractivity contribution in [3.05, 3.63) is 0 Å². The number of carboxylic acid groups (broad SMARTS) is 1. The van der Waals surface area contributed by atoms with E-state index in [2.05, 4.69) is 6.92 Å². The normalized spacial score (nSPS) is 32.0. The van der Waals surface area contributed by atoms with Crippen LogP contribution in [0.5, 0.6) is 0 Å². The molecular weight excluding hydrogens is 184 g/mol. The highest BCUT2D eigenvalue weighted by atomic mass is 16.5. The lowest BCUT2D eigenvalue weighted by molar-refractivity contribution is -0.144. The van der Waals surface area contributed by atoms with Crippen molar-refractivity contribution in [2.24, 2.45) is 5.92 Å². The van der Waals surface area contributed by atoms with Gasteiger partial charge in [-0.2, -0.15) is 0 Å². The molecule has 0 radical (unpaired) electrons. The number of carbonyl (C=O) groups is 1. The van der Waals surface area contributed by atoms with E-state index in [9.17, 15) is 4.79 Å². The van der Waals surface area contributed by atoms with Gasteiger partial charge in [-0.15, -0.1) is 0 Å². The van der Waals surface area contributed by atoms with Crippen LogP contribution in [0.1, 0.15) is 26.2 Å². The second kappa shape index (κ2) is 5.32. The minimum atomic E-state index is -0.773. The molecule has 0 aromatic carbocycles. The summed E-state index contributed by atoms with van der Waals surface area (Å²) in [6, 6.07) is 0. The molecule has 1 aliphatic rings. The highest BCUT2D eigenvalue weighted by Gasteiger charge is 2.39. The highest BCUT2D eigenvalue weighted by molar-refractivity contribution is 5.71. The van der Waals surface area contributed by atoms with Gasteiger partial charge < -0.3 is 14.6 Å². The van der Waals surface area contributed by atoms with Crippen LogP contribution in [0.3, 0.4) is 0 Å². The van der Waals surface area contributed by atoms with Crippen molar-refractivity contribution in [2.75, 3.05) is 13.7 Å². The predicted molar refractivity (Wildman–Crippen MR) is 51.2 cm³/mol. The van der Waals surface area contributed by atoms with Crippen molar-refractivity contribution in [1.82, 2.24) is 0 Å². The lowest BCUT2D eigenvalue weighted by atomic mass is 9.98. The molecule has 0 aromatic rings. The maximum atomic E-state index is 10.9. The zero-order chi connectivity index (χ0) is 10.6. The zero-order valence-electron chi connectivity index (χ0n) is 8.73. The van der Waals surface area contributed by atoms with E-state index >= 15 is 0 Å². The van der Waals surface area contributed by atoms with E-state index < -0.39 is 11.9 Å². The monoisotopic (exact) mass is 202 g/mol. The summed E-state index contributed by atoms with van der Waals surface area (Å²) in [6.45, 7) is 2.44. The fraction of sp³-hybridized carbons (Fsp3) is 0.900. The second-order valence-electron chi connectivity index (χ2n) is 3.72. The molecule has 1 N–H and O–H groups in total. The molecule has 3 unspecified atom stereocenters. The molecule has 1 saturated heterocycles. The molecule has 1 fully saturated rings. The van der Waals surface area contributed by atoms with E-state index in [0.29, 0.717) is 13.0 Å². The lowest BCUT2D eigenvalue weighted by Gasteiger charge is -2.14. The van der Waals surface area contributed by atoms with Crippen molar-refractivity contribution < 1.29 is 19.4 Å². The van der Waals surface area contributed by atoms with Gasteiger partial charge in [-0.3, -0.25) is 4.79 Å². The summed E-state index contributed by atoms with van der Waals surface area (Å²) in [5.41, 5.74) is 0. The molecule has 0 bridgehead atoms. The molecule has 3 atom stereocenters. The molecule has 0 saturated carbocycles. The van der Waals surface area contributed by atoms with Gasteiger partial charge in [0.05, 0.1) is 24.7 Å². The molecule has 4 heteroatoms. The van der Waals surface area contributed by atoms with Gasteiger partial charge >= 0.3 is 5.97 Å². The Hall–Kier alpha value is -0.610. The number of rotatable bonds is 5. The SMILES string of the molecule is CCCC1CC(C(=O)O)C(COC)O1. The molecule has 1 aliphatic heterocycles. The molecule has 0 amide bonds. The molecule has 14 heavy (non-hydrogen) atoms. The third-order valence-corrected chi connectivity index (χ3v) is 2.59. The maximum Gasteiger partial charge on any atom is 0.309 e. The van der Waals surface area contributed by atoms with E-state index in [4.69, 9.17) is 14.6 Å². The van der Waals surface area contributed by atoms with Crippen LogP contribution >= 0.6 is 0 Å². The average Bonchev–Trinajstić information content (AvgIpc) is 2.49. The first-order valence-corrected chi connectivity index (χ1v) is 5.06. The molecule has 0 aliphatic carbocycles.